The van der Waals surface area contributed by atoms with Crippen molar-refractivity contribution in [1.29, 1.82) is 0 Å². The maximum absolute atomic E-state index is 14.7. The monoisotopic (exact) mass is 566 g/mol. The first-order valence-electron chi connectivity index (χ1n) is 12.4. The molecule has 0 saturated carbocycles. The molecule has 1 aliphatic carbocycles. The van der Waals surface area contributed by atoms with E-state index in [0.29, 0.717) is 6.07 Å². The molecule has 0 bridgehead atoms. The lowest BCUT2D eigenvalue weighted by atomic mass is 10.1. The highest BCUT2D eigenvalue weighted by molar-refractivity contribution is 7.89. The highest BCUT2D eigenvalue weighted by Crippen LogP contribution is 2.39. The molecule has 0 radical (unpaired) electrons. The summed E-state index contributed by atoms with van der Waals surface area (Å²) in [5, 5.41) is 3.50. The van der Waals surface area contributed by atoms with Gasteiger partial charge in [0.05, 0.1) is 17.1 Å². The van der Waals surface area contributed by atoms with E-state index in [0.717, 1.165) is 28.9 Å². The first kappa shape index (κ1) is 27.1. The Morgan fingerprint density at radius 3 is 2.26 bits per heavy atom. The van der Waals surface area contributed by atoms with Gasteiger partial charge in [0.2, 0.25) is 15.8 Å². The number of fused-ring (bicyclic) bond motifs is 1. The maximum atomic E-state index is 14.7. The summed E-state index contributed by atoms with van der Waals surface area (Å²) in [7, 11) is -3.49. The third kappa shape index (κ3) is 5.00. The molecule has 39 heavy (non-hydrogen) atoms. The number of sulfonamides is 1. The fourth-order valence-electron chi connectivity index (χ4n) is 4.98. The zero-order chi connectivity index (χ0) is 28.1. The molecular formula is C26H26F4N4O4S. The fourth-order valence-corrected chi connectivity index (χ4v) is 6.25. The summed E-state index contributed by atoms with van der Waals surface area (Å²) in [4.78, 5) is 15.4. The summed E-state index contributed by atoms with van der Waals surface area (Å²) in [5.74, 6) is -3.37. The lowest BCUT2D eigenvalue weighted by molar-refractivity contribution is 0.199. The second-order valence-electron chi connectivity index (χ2n) is 9.75. The first-order chi connectivity index (χ1) is 18.5. The summed E-state index contributed by atoms with van der Waals surface area (Å²) >= 11 is 0. The van der Waals surface area contributed by atoms with Gasteiger partial charge in [-0.1, -0.05) is 0 Å². The third-order valence-electron chi connectivity index (χ3n) is 7.03. The number of benzene rings is 2. The minimum Gasteiger partial charge on any atom is -0.478 e. The van der Waals surface area contributed by atoms with Gasteiger partial charge >= 0.3 is 5.56 Å². The van der Waals surface area contributed by atoms with Crippen molar-refractivity contribution in [2.45, 2.75) is 38.0 Å². The topological polar surface area (TPSA) is 84.7 Å². The van der Waals surface area contributed by atoms with Crippen molar-refractivity contribution in [2.24, 2.45) is 0 Å². The molecule has 1 aliphatic heterocycles. The molecule has 3 aromatic rings. The van der Waals surface area contributed by atoms with Crippen LogP contribution >= 0.6 is 0 Å². The predicted molar refractivity (Wildman–Crippen MR) is 136 cm³/mol. The van der Waals surface area contributed by atoms with Crippen molar-refractivity contribution in [3.8, 4) is 11.4 Å². The molecule has 0 N–H and O–H groups in total. The molecule has 5 rings (SSSR count). The van der Waals surface area contributed by atoms with E-state index in [1.807, 2.05) is 0 Å². The molecule has 1 fully saturated rings. The van der Waals surface area contributed by atoms with Gasteiger partial charge in [0.15, 0.2) is 0 Å². The van der Waals surface area contributed by atoms with Crippen LogP contribution in [0.3, 0.4) is 0 Å². The molecule has 1 saturated heterocycles. The smallest absolute Gasteiger partial charge is 0.316 e. The molecule has 0 spiro atoms. The summed E-state index contributed by atoms with van der Waals surface area (Å²) in [6, 6.07) is 4.53. The third-order valence-corrected chi connectivity index (χ3v) is 9.30. The van der Waals surface area contributed by atoms with E-state index in [9.17, 15) is 30.8 Å². The van der Waals surface area contributed by atoms with Crippen molar-refractivity contribution in [1.82, 2.24) is 14.1 Å². The average molecular weight is 567 g/mol. The Morgan fingerprint density at radius 1 is 0.974 bits per heavy atom. The van der Waals surface area contributed by atoms with E-state index in [4.69, 9.17) is 4.74 Å². The molecule has 13 heteroatoms. The molecule has 1 atom stereocenters. The SMILES string of the molecule is CC(C)S(=O)(=O)N1CCN(c2cnn(-c3cc(F)cc(F)c3)c(=O)c2OC2CCc3c(F)ccc(F)c32)CC1. The number of aromatic nitrogens is 2. The van der Waals surface area contributed by atoms with Crippen LogP contribution in [-0.2, 0) is 16.4 Å². The van der Waals surface area contributed by atoms with Gasteiger partial charge in [-0.15, -0.1) is 0 Å². The van der Waals surface area contributed by atoms with Crippen molar-refractivity contribution >= 4 is 15.7 Å². The van der Waals surface area contributed by atoms with Crippen LogP contribution in [-0.4, -0.2) is 53.9 Å². The lowest BCUT2D eigenvalue weighted by Crippen LogP contribution is -2.50. The van der Waals surface area contributed by atoms with Gasteiger partial charge in [0.1, 0.15) is 35.1 Å². The van der Waals surface area contributed by atoms with E-state index in [1.54, 1.807) is 18.7 Å². The minimum absolute atomic E-state index is 0.00774. The van der Waals surface area contributed by atoms with Gasteiger partial charge in [-0.2, -0.15) is 14.1 Å². The fraction of sp³-hybridized carbons (Fsp3) is 0.385. The van der Waals surface area contributed by atoms with Crippen LogP contribution in [0, 0.1) is 23.3 Å². The molecule has 208 valence electrons. The molecule has 2 heterocycles. The average Bonchev–Trinajstić information content (AvgIpc) is 3.32. The lowest BCUT2D eigenvalue weighted by Gasteiger charge is -2.36. The molecule has 1 unspecified atom stereocenters. The van der Waals surface area contributed by atoms with Crippen molar-refractivity contribution in [3.63, 3.8) is 0 Å². The van der Waals surface area contributed by atoms with Crippen LogP contribution in [0.1, 0.15) is 37.5 Å². The van der Waals surface area contributed by atoms with Gasteiger partial charge in [0, 0.05) is 37.8 Å². The highest BCUT2D eigenvalue weighted by atomic mass is 32.2. The Hall–Kier alpha value is -3.45. The van der Waals surface area contributed by atoms with Gasteiger partial charge in [-0.3, -0.25) is 4.79 Å². The summed E-state index contributed by atoms with van der Waals surface area (Å²) in [6.45, 7) is 3.87. The van der Waals surface area contributed by atoms with Crippen LogP contribution in [0.25, 0.3) is 5.69 Å². The number of piperazine rings is 1. The van der Waals surface area contributed by atoms with E-state index in [2.05, 4.69) is 5.10 Å². The van der Waals surface area contributed by atoms with Crippen LogP contribution < -0.4 is 15.2 Å². The van der Waals surface area contributed by atoms with Gasteiger partial charge in [-0.05, 0) is 56.5 Å². The quantitative estimate of drug-likeness (QED) is 0.423. The number of nitrogens with zero attached hydrogens (tertiary/aromatic N) is 4. The molecule has 1 aromatic heterocycles. The highest BCUT2D eigenvalue weighted by Gasteiger charge is 2.34. The zero-order valence-corrected chi connectivity index (χ0v) is 22.0. The maximum Gasteiger partial charge on any atom is 0.316 e. The molecule has 8 nitrogen and oxygen atoms in total. The van der Waals surface area contributed by atoms with E-state index < -0.39 is 50.2 Å². The van der Waals surface area contributed by atoms with Gasteiger partial charge in [-0.25, -0.2) is 26.0 Å². The van der Waals surface area contributed by atoms with Crippen LogP contribution in [0.2, 0.25) is 0 Å². The van der Waals surface area contributed by atoms with Gasteiger partial charge < -0.3 is 9.64 Å². The number of rotatable bonds is 6. The Labute approximate surface area is 222 Å². The first-order valence-corrected chi connectivity index (χ1v) is 13.9. The number of hydrogen-bond donors (Lipinski definition) is 0. The second-order valence-corrected chi connectivity index (χ2v) is 12.2. The number of hydrogen-bond acceptors (Lipinski definition) is 6. The van der Waals surface area contributed by atoms with Crippen molar-refractivity contribution < 1.29 is 30.7 Å². The Bertz CT molecular complexity index is 1570. The second kappa shape index (κ2) is 10.3. The summed E-state index contributed by atoms with van der Waals surface area (Å²) in [5.41, 5.74) is -0.672. The van der Waals surface area contributed by atoms with E-state index in [-0.39, 0.29) is 67.3 Å². The van der Waals surface area contributed by atoms with Crippen LogP contribution in [0.4, 0.5) is 23.2 Å². The number of halogens is 4. The normalized spacial score (nSPS) is 18.0. The predicted octanol–water partition coefficient (Wildman–Crippen LogP) is 3.72. The Morgan fingerprint density at radius 2 is 1.62 bits per heavy atom. The van der Waals surface area contributed by atoms with Crippen molar-refractivity contribution in [2.75, 3.05) is 31.1 Å². The minimum atomic E-state index is -3.49. The Balaban J connectivity index is 1.55. The molecule has 2 aliphatic rings. The Kier molecular flexibility index (Phi) is 7.14. The molecular weight excluding hydrogens is 540 g/mol. The zero-order valence-electron chi connectivity index (χ0n) is 21.2. The number of ether oxygens (including phenoxy) is 1. The van der Waals surface area contributed by atoms with Crippen LogP contribution in [0.5, 0.6) is 5.75 Å². The largest absolute Gasteiger partial charge is 0.478 e. The molecule has 0 amide bonds. The number of anilines is 1. The van der Waals surface area contributed by atoms with Crippen molar-refractivity contribution in [3.05, 3.63) is 81.3 Å². The summed E-state index contributed by atoms with van der Waals surface area (Å²) in [6.07, 6.45) is 0.677. The van der Waals surface area contributed by atoms with E-state index >= 15 is 0 Å². The van der Waals surface area contributed by atoms with E-state index in [1.165, 1.54) is 10.5 Å². The summed E-state index contributed by atoms with van der Waals surface area (Å²) < 4.78 is 90.3. The molecule has 2 aromatic carbocycles. The van der Waals surface area contributed by atoms with Crippen LogP contribution in [0.15, 0.2) is 41.3 Å². The van der Waals surface area contributed by atoms with Gasteiger partial charge in [0.25, 0.3) is 0 Å². The standard InChI is InChI=1S/C26H26F4N4O4S/c1-15(2)39(36,37)33-9-7-32(8-10-33)22-14-31-34(18-12-16(27)11-17(28)13-18)26(35)25(22)38-23-6-3-19-20(29)4-5-21(30)24(19)23/h4-5,11-15,23H,3,6-10H2,1-2H3.